The highest BCUT2D eigenvalue weighted by molar-refractivity contribution is 6.03. The number of carbonyl (C=O) groups excluding carboxylic acids is 1. The smallest absolute Gasteiger partial charge is 0.256 e. The molecule has 2 N–H and O–H groups in total. The molecule has 1 unspecified atom stereocenters. The van der Waals surface area contributed by atoms with Crippen molar-refractivity contribution in [3.63, 3.8) is 0 Å². The van der Waals surface area contributed by atoms with Gasteiger partial charge in [0.15, 0.2) is 5.82 Å². The Morgan fingerprint density at radius 3 is 2.59 bits per heavy atom. The van der Waals surface area contributed by atoms with E-state index in [4.69, 9.17) is 4.74 Å². The highest BCUT2D eigenvalue weighted by Gasteiger charge is 2.15. The van der Waals surface area contributed by atoms with Gasteiger partial charge < -0.3 is 15.4 Å². The minimum absolute atomic E-state index is 0.199. The maximum absolute atomic E-state index is 12.0. The van der Waals surface area contributed by atoms with Gasteiger partial charge in [0.1, 0.15) is 5.82 Å². The normalized spacial score (nSPS) is 17.2. The maximum atomic E-state index is 12.0. The summed E-state index contributed by atoms with van der Waals surface area (Å²) in [6.07, 6.45) is 2.44. The van der Waals surface area contributed by atoms with Crippen LogP contribution in [0.3, 0.4) is 0 Å². The van der Waals surface area contributed by atoms with E-state index in [1.54, 1.807) is 24.3 Å². The molecule has 1 aliphatic rings. The van der Waals surface area contributed by atoms with Gasteiger partial charge in [-0.1, -0.05) is 18.2 Å². The molecule has 0 radical (unpaired) electrons. The first kappa shape index (κ1) is 14.5. The molecular weight excluding hydrogens is 280 g/mol. The molecule has 1 saturated heterocycles. The topological polar surface area (TPSA) is 76.1 Å². The fourth-order valence-corrected chi connectivity index (χ4v) is 2.29. The lowest BCUT2D eigenvalue weighted by atomic mass is 10.2. The Balaban J connectivity index is 1.53. The number of ether oxygens (including phenoxy) is 1. The lowest BCUT2D eigenvalue weighted by Gasteiger charge is -2.11. The maximum Gasteiger partial charge on any atom is 0.256 e. The van der Waals surface area contributed by atoms with Crippen LogP contribution in [0.25, 0.3) is 0 Å². The molecule has 1 aromatic carbocycles. The molecule has 0 saturated carbocycles. The third-order valence-corrected chi connectivity index (χ3v) is 3.48. The van der Waals surface area contributed by atoms with E-state index in [0.29, 0.717) is 17.2 Å². The molecule has 2 aromatic rings. The zero-order chi connectivity index (χ0) is 15.2. The Hall–Kier alpha value is -2.47. The minimum atomic E-state index is -0.199. The van der Waals surface area contributed by atoms with Gasteiger partial charge in [-0.05, 0) is 37.1 Å². The average Bonchev–Trinajstić information content (AvgIpc) is 3.08. The van der Waals surface area contributed by atoms with E-state index in [2.05, 4.69) is 20.8 Å². The van der Waals surface area contributed by atoms with Crippen LogP contribution in [0.1, 0.15) is 23.2 Å². The summed E-state index contributed by atoms with van der Waals surface area (Å²) in [7, 11) is 0. The number of nitrogens with one attached hydrogen (secondary N) is 2. The predicted molar refractivity (Wildman–Crippen MR) is 83.9 cm³/mol. The fraction of sp³-hybridized carbons (Fsp3) is 0.312. The summed E-state index contributed by atoms with van der Waals surface area (Å²) >= 11 is 0. The number of aromatic nitrogens is 2. The molecule has 3 rings (SSSR count). The van der Waals surface area contributed by atoms with Crippen LogP contribution in [0.4, 0.5) is 11.6 Å². The summed E-state index contributed by atoms with van der Waals surface area (Å²) in [5.41, 5.74) is 0.588. The van der Waals surface area contributed by atoms with Crippen molar-refractivity contribution in [2.75, 3.05) is 23.8 Å². The predicted octanol–water partition coefficient (Wildman–Crippen LogP) is 2.32. The van der Waals surface area contributed by atoms with Crippen LogP contribution in [-0.4, -0.2) is 35.4 Å². The van der Waals surface area contributed by atoms with Crippen LogP contribution in [0.15, 0.2) is 42.5 Å². The van der Waals surface area contributed by atoms with Crippen LogP contribution in [-0.2, 0) is 4.74 Å². The van der Waals surface area contributed by atoms with Gasteiger partial charge in [-0.2, -0.15) is 0 Å². The molecule has 1 aromatic heterocycles. The largest absolute Gasteiger partial charge is 0.376 e. The monoisotopic (exact) mass is 298 g/mol. The van der Waals surface area contributed by atoms with Gasteiger partial charge in [0.25, 0.3) is 5.91 Å². The lowest BCUT2D eigenvalue weighted by Crippen LogP contribution is -2.19. The molecule has 0 spiro atoms. The van der Waals surface area contributed by atoms with Gasteiger partial charge >= 0.3 is 0 Å². The third kappa shape index (κ3) is 3.79. The summed E-state index contributed by atoms with van der Waals surface area (Å²) in [5, 5.41) is 14.0. The second-order valence-corrected chi connectivity index (χ2v) is 5.14. The zero-order valence-electron chi connectivity index (χ0n) is 12.2. The summed E-state index contributed by atoms with van der Waals surface area (Å²) in [4.78, 5) is 12.0. The van der Waals surface area contributed by atoms with E-state index < -0.39 is 0 Å². The second kappa shape index (κ2) is 7.00. The molecule has 1 atom stereocenters. The number of hydrogen-bond donors (Lipinski definition) is 2. The van der Waals surface area contributed by atoms with Crippen molar-refractivity contribution in [3.05, 3.63) is 48.0 Å². The Morgan fingerprint density at radius 1 is 1.14 bits per heavy atom. The third-order valence-electron chi connectivity index (χ3n) is 3.48. The second-order valence-electron chi connectivity index (χ2n) is 5.14. The molecule has 0 bridgehead atoms. The molecule has 1 fully saturated rings. The van der Waals surface area contributed by atoms with Crippen molar-refractivity contribution < 1.29 is 9.53 Å². The molecule has 1 aliphatic heterocycles. The first-order valence-corrected chi connectivity index (χ1v) is 7.37. The van der Waals surface area contributed by atoms with Gasteiger partial charge in [0.05, 0.1) is 6.10 Å². The average molecular weight is 298 g/mol. The Morgan fingerprint density at radius 2 is 1.91 bits per heavy atom. The number of rotatable bonds is 5. The minimum Gasteiger partial charge on any atom is -0.376 e. The molecule has 2 heterocycles. The lowest BCUT2D eigenvalue weighted by molar-refractivity contribution is 0.102. The quantitative estimate of drug-likeness (QED) is 0.886. The number of hydrogen-bond acceptors (Lipinski definition) is 5. The number of amides is 1. The van der Waals surface area contributed by atoms with Gasteiger partial charge in [0, 0.05) is 18.7 Å². The van der Waals surface area contributed by atoms with Gasteiger partial charge in [0.2, 0.25) is 0 Å². The highest BCUT2D eigenvalue weighted by atomic mass is 16.5. The standard InChI is InChI=1S/C16H18N4O2/c21-16(12-5-2-1-3-6-12)18-15-9-8-14(19-20-15)17-11-13-7-4-10-22-13/h1-3,5-6,8-9,13H,4,7,10-11H2,(H,17,19)(H,18,20,21). The van der Waals surface area contributed by atoms with E-state index in [1.165, 1.54) is 0 Å². The zero-order valence-corrected chi connectivity index (χ0v) is 12.2. The molecule has 0 aliphatic carbocycles. The molecule has 6 nitrogen and oxygen atoms in total. The first-order valence-electron chi connectivity index (χ1n) is 7.37. The van der Waals surface area contributed by atoms with Gasteiger partial charge in [-0.25, -0.2) is 0 Å². The molecule has 1 amide bonds. The summed E-state index contributed by atoms with van der Waals surface area (Å²) < 4.78 is 5.53. The van der Waals surface area contributed by atoms with E-state index in [-0.39, 0.29) is 12.0 Å². The van der Waals surface area contributed by atoms with E-state index in [9.17, 15) is 4.79 Å². The van der Waals surface area contributed by atoms with Crippen molar-refractivity contribution in [2.24, 2.45) is 0 Å². The van der Waals surface area contributed by atoms with Crippen LogP contribution in [0.5, 0.6) is 0 Å². The van der Waals surface area contributed by atoms with Crippen LogP contribution in [0, 0.1) is 0 Å². The molecular formula is C16H18N4O2. The van der Waals surface area contributed by atoms with Crippen molar-refractivity contribution >= 4 is 17.5 Å². The Kier molecular flexibility index (Phi) is 4.60. The van der Waals surface area contributed by atoms with Crippen molar-refractivity contribution in [3.8, 4) is 0 Å². The fourth-order valence-electron chi connectivity index (χ4n) is 2.29. The Bertz CT molecular complexity index is 610. The molecule has 22 heavy (non-hydrogen) atoms. The number of carbonyl (C=O) groups is 1. The van der Waals surface area contributed by atoms with Crippen LogP contribution >= 0.6 is 0 Å². The van der Waals surface area contributed by atoms with Crippen LogP contribution < -0.4 is 10.6 Å². The summed E-state index contributed by atoms with van der Waals surface area (Å²) in [6, 6.07) is 12.5. The molecule has 114 valence electrons. The number of anilines is 2. The van der Waals surface area contributed by atoms with E-state index in [1.807, 2.05) is 18.2 Å². The summed E-state index contributed by atoms with van der Waals surface area (Å²) in [5.74, 6) is 0.902. The number of benzene rings is 1. The van der Waals surface area contributed by atoms with E-state index in [0.717, 1.165) is 26.0 Å². The molecule has 6 heteroatoms. The summed E-state index contributed by atoms with van der Waals surface area (Å²) in [6.45, 7) is 1.56. The van der Waals surface area contributed by atoms with Crippen molar-refractivity contribution in [1.82, 2.24) is 10.2 Å². The van der Waals surface area contributed by atoms with E-state index >= 15 is 0 Å². The SMILES string of the molecule is O=C(Nc1ccc(NCC2CCCO2)nn1)c1ccccc1. The van der Waals surface area contributed by atoms with Gasteiger partial charge in [-0.15, -0.1) is 10.2 Å². The van der Waals surface area contributed by atoms with Crippen molar-refractivity contribution in [1.29, 1.82) is 0 Å². The highest BCUT2D eigenvalue weighted by Crippen LogP contribution is 2.13. The van der Waals surface area contributed by atoms with Gasteiger partial charge in [-0.3, -0.25) is 4.79 Å². The number of nitrogens with zero attached hydrogens (tertiary/aromatic N) is 2. The van der Waals surface area contributed by atoms with Crippen molar-refractivity contribution in [2.45, 2.75) is 18.9 Å². The van der Waals surface area contributed by atoms with Crippen LogP contribution in [0.2, 0.25) is 0 Å². The Labute approximate surface area is 128 Å². The first-order chi connectivity index (χ1) is 10.8.